The van der Waals surface area contributed by atoms with Crippen molar-refractivity contribution in [3.05, 3.63) is 12.7 Å². The van der Waals surface area contributed by atoms with Crippen LogP contribution in [0.1, 0.15) is 72.6 Å². The molecule has 0 unspecified atom stereocenters. The van der Waals surface area contributed by atoms with Gasteiger partial charge in [0, 0.05) is 0 Å². The van der Waals surface area contributed by atoms with Crippen LogP contribution in [0, 0.1) is 5.41 Å². The van der Waals surface area contributed by atoms with Gasteiger partial charge in [-0.3, -0.25) is 0 Å². The van der Waals surface area contributed by atoms with Gasteiger partial charge in [0.05, 0.1) is 0 Å². The van der Waals surface area contributed by atoms with Gasteiger partial charge in [0.15, 0.2) is 0 Å². The Labute approximate surface area is 144 Å². The first-order valence-corrected chi connectivity index (χ1v) is 17.5. The van der Waals surface area contributed by atoms with Gasteiger partial charge in [-0.15, -0.1) is 0 Å². The van der Waals surface area contributed by atoms with E-state index in [0.29, 0.717) is 5.41 Å². The van der Waals surface area contributed by atoms with Crippen molar-refractivity contribution >= 4 is 18.4 Å². The molecule has 1 aliphatic rings. The second kappa shape index (κ2) is 10.4. The van der Waals surface area contributed by atoms with Gasteiger partial charge < -0.3 is 0 Å². The van der Waals surface area contributed by atoms with Crippen molar-refractivity contribution in [3.8, 4) is 0 Å². The summed E-state index contributed by atoms with van der Waals surface area (Å²) in [6, 6.07) is 0. The molecule has 0 spiro atoms. The summed E-state index contributed by atoms with van der Waals surface area (Å²) in [5, 5.41) is 0. The van der Waals surface area contributed by atoms with Crippen molar-refractivity contribution in [2.24, 2.45) is 5.41 Å². The van der Waals surface area contributed by atoms with Gasteiger partial charge >= 0.3 is 144 Å². The van der Waals surface area contributed by atoms with E-state index in [0.717, 1.165) is 17.1 Å². The maximum atomic E-state index is 5.86. The molecule has 1 fully saturated rings. The Morgan fingerprint density at radius 1 is 1.05 bits per heavy atom. The molecule has 0 N–H and O–H groups in total. The summed E-state index contributed by atoms with van der Waals surface area (Å²) >= 11 is -2.01. The Morgan fingerprint density at radius 3 is 1.95 bits per heavy atom. The minimum atomic E-state index is -2.01. The molecule has 0 aliphatic heterocycles. The van der Waals surface area contributed by atoms with Gasteiger partial charge in [0.2, 0.25) is 0 Å². The molecule has 22 heavy (non-hydrogen) atoms. The van der Waals surface area contributed by atoms with Gasteiger partial charge in [-0.05, 0) is 0 Å². The number of rotatable bonds is 14. The monoisotopic (exact) mass is 416 g/mol. The normalized spacial score (nSPS) is 24.5. The van der Waals surface area contributed by atoms with Gasteiger partial charge in [0.1, 0.15) is 0 Å². The van der Waals surface area contributed by atoms with Crippen LogP contribution in [-0.4, -0.2) is 31.6 Å². The van der Waals surface area contributed by atoms with Crippen molar-refractivity contribution in [2.75, 3.05) is 13.2 Å². The molecule has 1 aliphatic carbocycles. The van der Waals surface area contributed by atoms with Crippen LogP contribution in [0.4, 0.5) is 0 Å². The van der Waals surface area contributed by atoms with Crippen LogP contribution in [0.5, 0.6) is 0 Å². The Bertz CT molecular complexity index is 293. The maximum absolute atomic E-state index is 5.86. The van der Waals surface area contributed by atoms with E-state index in [1.807, 2.05) is 6.08 Å². The molecule has 1 saturated carbocycles. The summed E-state index contributed by atoms with van der Waals surface area (Å²) in [6.45, 7) is 15.1. The standard InChI is InChI=1S/C8H13O.3C4H9.Sn/c1-3-6-9-7-8(2)4-5-8;3*1-3-4-2;/h3-4H,1,5-7H2,2H3;3*1,3-4H2,2H3;/t8-;;;;/m0..../s1. The van der Waals surface area contributed by atoms with Crippen LogP contribution < -0.4 is 0 Å². The summed E-state index contributed by atoms with van der Waals surface area (Å²) < 4.78 is 11.9. The fourth-order valence-corrected chi connectivity index (χ4v) is 25.6. The van der Waals surface area contributed by atoms with Crippen LogP contribution in [0.25, 0.3) is 0 Å². The van der Waals surface area contributed by atoms with Crippen molar-refractivity contribution in [1.29, 1.82) is 0 Å². The Kier molecular flexibility index (Phi) is 9.69. The van der Waals surface area contributed by atoms with Crippen molar-refractivity contribution in [1.82, 2.24) is 0 Å². The van der Waals surface area contributed by atoms with Crippen LogP contribution in [-0.2, 0) is 4.74 Å². The van der Waals surface area contributed by atoms with E-state index < -0.39 is 18.4 Å². The van der Waals surface area contributed by atoms with Crippen molar-refractivity contribution < 1.29 is 4.74 Å². The molecule has 0 radical (unpaired) electrons. The number of hydrogen-bond donors (Lipinski definition) is 0. The van der Waals surface area contributed by atoms with Crippen LogP contribution in [0.2, 0.25) is 17.2 Å². The van der Waals surface area contributed by atoms with Crippen molar-refractivity contribution in [2.45, 2.75) is 89.9 Å². The molecule has 130 valence electrons. The van der Waals surface area contributed by atoms with Crippen LogP contribution >= 0.6 is 0 Å². The summed E-state index contributed by atoms with van der Waals surface area (Å²) in [6.07, 6.45) is 12.0. The quantitative estimate of drug-likeness (QED) is 0.172. The van der Waals surface area contributed by atoms with Crippen LogP contribution in [0.15, 0.2) is 12.7 Å². The van der Waals surface area contributed by atoms with E-state index in [2.05, 4.69) is 34.3 Å². The molecule has 0 bridgehead atoms. The fraction of sp³-hybridized carbons (Fsp3) is 0.900. The Hall–Kier alpha value is 0.499. The zero-order valence-electron chi connectivity index (χ0n) is 15.8. The second-order valence-electron chi connectivity index (χ2n) is 7.89. The SMILES string of the molecule is C=CCOC[C@]1(C)C[C@@H]1[Sn]([CH2]CCC)([CH2]CCC)[CH2]CCC. The number of ether oxygens (including phenoxy) is 1. The van der Waals surface area contributed by atoms with E-state index in [-0.39, 0.29) is 0 Å². The molecule has 0 saturated heterocycles. The average molecular weight is 415 g/mol. The summed E-state index contributed by atoms with van der Waals surface area (Å²) in [5.41, 5.74) is 0.522. The van der Waals surface area contributed by atoms with Crippen molar-refractivity contribution in [3.63, 3.8) is 0 Å². The predicted octanol–water partition coefficient (Wildman–Crippen LogP) is 6.82. The molecule has 0 aromatic rings. The summed E-state index contributed by atoms with van der Waals surface area (Å²) in [4.78, 5) is 0. The third-order valence-corrected chi connectivity index (χ3v) is 24.2. The second-order valence-corrected chi connectivity index (χ2v) is 21.9. The van der Waals surface area contributed by atoms with E-state index in [4.69, 9.17) is 4.74 Å². The van der Waals surface area contributed by atoms with E-state index in [9.17, 15) is 0 Å². The molecule has 1 nitrogen and oxygen atoms in total. The fourth-order valence-electron chi connectivity index (χ4n) is 4.38. The van der Waals surface area contributed by atoms with Gasteiger partial charge in [0.25, 0.3) is 0 Å². The summed E-state index contributed by atoms with van der Waals surface area (Å²) in [5.74, 6) is 0. The zero-order chi connectivity index (χ0) is 16.5. The molecule has 1 rings (SSSR count). The third kappa shape index (κ3) is 5.85. The average Bonchev–Trinajstić information content (AvgIpc) is 3.20. The van der Waals surface area contributed by atoms with E-state index in [1.165, 1.54) is 44.9 Å². The molecule has 0 aromatic heterocycles. The van der Waals surface area contributed by atoms with Gasteiger partial charge in [-0.25, -0.2) is 0 Å². The molecule has 0 aromatic carbocycles. The topological polar surface area (TPSA) is 9.23 Å². The van der Waals surface area contributed by atoms with Gasteiger partial charge in [-0.2, -0.15) is 0 Å². The summed E-state index contributed by atoms with van der Waals surface area (Å²) in [7, 11) is 0. The first kappa shape index (κ1) is 20.5. The Balaban J connectivity index is 2.76. The Morgan fingerprint density at radius 2 is 1.55 bits per heavy atom. The van der Waals surface area contributed by atoms with E-state index >= 15 is 0 Å². The minimum absolute atomic E-state index is 0.522. The number of hydrogen-bond acceptors (Lipinski definition) is 1. The molecular formula is C20H40OSn. The molecule has 0 heterocycles. The molecule has 2 heteroatoms. The van der Waals surface area contributed by atoms with E-state index in [1.54, 1.807) is 13.3 Å². The molecular weight excluding hydrogens is 375 g/mol. The first-order chi connectivity index (χ1) is 10.6. The number of unbranched alkanes of at least 4 members (excludes halogenated alkanes) is 3. The third-order valence-electron chi connectivity index (χ3n) is 5.84. The predicted molar refractivity (Wildman–Crippen MR) is 102 cm³/mol. The molecule has 2 atom stereocenters. The zero-order valence-corrected chi connectivity index (χ0v) is 18.6. The molecule has 0 amide bonds. The van der Waals surface area contributed by atoms with Gasteiger partial charge in [-0.1, -0.05) is 0 Å². The van der Waals surface area contributed by atoms with Crippen LogP contribution in [0.3, 0.4) is 0 Å². The first-order valence-electron chi connectivity index (χ1n) is 9.77.